The fourth-order valence-electron chi connectivity index (χ4n) is 2.65. The third-order valence-corrected chi connectivity index (χ3v) is 3.78. The summed E-state index contributed by atoms with van der Waals surface area (Å²) in [4.78, 5) is 11.3. The van der Waals surface area contributed by atoms with Crippen LogP contribution in [-0.4, -0.2) is 54.7 Å². The summed E-state index contributed by atoms with van der Waals surface area (Å²) in [6.07, 6.45) is 1.72. The summed E-state index contributed by atoms with van der Waals surface area (Å²) in [5.74, 6) is 1.44. The largest absolute Gasteiger partial charge is 0.481 e. The molecule has 1 heterocycles. The topological polar surface area (TPSA) is 61.8 Å². The van der Waals surface area contributed by atoms with Gasteiger partial charge in [-0.05, 0) is 40.7 Å². The normalized spacial score (nSPS) is 12.1. The first-order chi connectivity index (χ1) is 11.5. The molecule has 1 rings (SSSR count). The first kappa shape index (κ1) is 20.2. The van der Waals surface area contributed by atoms with E-state index in [1.54, 1.807) is 13.3 Å². The van der Waals surface area contributed by atoms with Gasteiger partial charge in [0.05, 0.1) is 13.7 Å². The van der Waals surface area contributed by atoms with Crippen molar-refractivity contribution in [3.63, 3.8) is 0 Å². The number of nitrogens with one attached hydrogen (secondary N) is 2. The van der Waals surface area contributed by atoms with Crippen molar-refractivity contribution in [2.75, 3.05) is 26.7 Å². The van der Waals surface area contributed by atoms with E-state index in [0.29, 0.717) is 24.5 Å². The Balaban J connectivity index is 2.62. The van der Waals surface area contributed by atoms with Crippen molar-refractivity contribution in [1.29, 1.82) is 0 Å². The van der Waals surface area contributed by atoms with Crippen LogP contribution in [0.2, 0.25) is 0 Å². The standard InChI is InChI=1S/C18H33N5O/c1-7-19-18(21-11-12-23(14(2)3)15(4)5)22-13-16-9-8-10-20-17(16)24-6/h8-10,14-15H,7,11-13H2,1-6H3,(H2,19,21,22). The molecule has 0 saturated carbocycles. The molecule has 0 saturated heterocycles. The Bertz CT molecular complexity index is 494. The van der Waals surface area contributed by atoms with E-state index in [4.69, 9.17) is 4.74 Å². The number of aromatic nitrogens is 1. The van der Waals surface area contributed by atoms with Crippen LogP contribution < -0.4 is 15.4 Å². The highest BCUT2D eigenvalue weighted by molar-refractivity contribution is 5.79. The van der Waals surface area contributed by atoms with Gasteiger partial charge < -0.3 is 15.4 Å². The molecule has 0 spiro atoms. The lowest BCUT2D eigenvalue weighted by molar-refractivity contribution is 0.178. The highest BCUT2D eigenvalue weighted by Crippen LogP contribution is 2.14. The van der Waals surface area contributed by atoms with Crippen LogP contribution >= 0.6 is 0 Å². The molecule has 0 bridgehead atoms. The van der Waals surface area contributed by atoms with Crippen molar-refractivity contribution in [3.8, 4) is 5.88 Å². The van der Waals surface area contributed by atoms with Crippen LogP contribution in [0, 0.1) is 0 Å². The molecule has 0 unspecified atom stereocenters. The van der Waals surface area contributed by atoms with E-state index in [2.05, 4.69) is 60.1 Å². The van der Waals surface area contributed by atoms with Gasteiger partial charge in [0, 0.05) is 43.5 Å². The second kappa shape index (κ2) is 10.9. The van der Waals surface area contributed by atoms with Gasteiger partial charge in [0.2, 0.25) is 5.88 Å². The number of pyridine rings is 1. The van der Waals surface area contributed by atoms with Gasteiger partial charge in [-0.2, -0.15) is 0 Å². The Labute approximate surface area is 146 Å². The van der Waals surface area contributed by atoms with Crippen molar-refractivity contribution in [2.24, 2.45) is 4.99 Å². The van der Waals surface area contributed by atoms with E-state index in [-0.39, 0.29) is 0 Å². The van der Waals surface area contributed by atoms with Crippen LogP contribution in [-0.2, 0) is 6.54 Å². The Kier molecular flexibility index (Phi) is 9.15. The van der Waals surface area contributed by atoms with Crippen LogP contribution in [0.1, 0.15) is 40.2 Å². The van der Waals surface area contributed by atoms with E-state index in [1.165, 1.54) is 0 Å². The number of nitrogens with zero attached hydrogens (tertiary/aromatic N) is 3. The first-order valence-corrected chi connectivity index (χ1v) is 8.75. The molecule has 1 aromatic heterocycles. The molecular formula is C18H33N5O. The zero-order valence-electron chi connectivity index (χ0n) is 16.0. The van der Waals surface area contributed by atoms with E-state index in [9.17, 15) is 0 Å². The number of guanidine groups is 1. The predicted molar refractivity (Wildman–Crippen MR) is 101 cm³/mol. The molecule has 0 radical (unpaired) electrons. The van der Waals surface area contributed by atoms with Gasteiger partial charge >= 0.3 is 0 Å². The van der Waals surface area contributed by atoms with Gasteiger partial charge in [-0.25, -0.2) is 9.98 Å². The minimum absolute atomic E-state index is 0.532. The summed E-state index contributed by atoms with van der Waals surface area (Å²) in [6.45, 7) is 14.2. The maximum atomic E-state index is 5.28. The monoisotopic (exact) mass is 335 g/mol. The second-order valence-electron chi connectivity index (χ2n) is 6.22. The lowest BCUT2D eigenvalue weighted by Crippen LogP contribution is -2.45. The molecule has 2 N–H and O–H groups in total. The number of hydrogen-bond donors (Lipinski definition) is 2. The van der Waals surface area contributed by atoms with Crippen molar-refractivity contribution < 1.29 is 4.74 Å². The van der Waals surface area contributed by atoms with Crippen molar-refractivity contribution in [3.05, 3.63) is 23.9 Å². The van der Waals surface area contributed by atoms with Crippen LogP contribution in [0.25, 0.3) is 0 Å². The molecule has 6 nitrogen and oxygen atoms in total. The summed E-state index contributed by atoms with van der Waals surface area (Å²) in [6, 6.07) is 4.95. The van der Waals surface area contributed by atoms with E-state index >= 15 is 0 Å². The fraction of sp³-hybridized carbons (Fsp3) is 0.667. The second-order valence-corrected chi connectivity index (χ2v) is 6.22. The minimum atomic E-state index is 0.532. The highest BCUT2D eigenvalue weighted by Gasteiger charge is 2.12. The number of ether oxygens (including phenoxy) is 1. The molecule has 136 valence electrons. The first-order valence-electron chi connectivity index (χ1n) is 8.75. The third-order valence-electron chi connectivity index (χ3n) is 3.78. The summed E-state index contributed by atoms with van der Waals surface area (Å²) in [5.41, 5.74) is 0.975. The molecule has 0 fully saturated rings. The highest BCUT2D eigenvalue weighted by atomic mass is 16.5. The van der Waals surface area contributed by atoms with E-state index in [1.807, 2.05) is 12.1 Å². The fourth-order valence-corrected chi connectivity index (χ4v) is 2.65. The SMILES string of the molecule is CCNC(=NCc1cccnc1OC)NCCN(C(C)C)C(C)C. The zero-order valence-corrected chi connectivity index (χ0v) is 16.0. The molecule has 24 heavy (non-hydrogen) atoms. The maximum absolute atomic E-state index is 5.28. The molecule has 0 aliphatic heterocycles. The Morgan fingerprint density at radius 2 is 1.96 bits per heavy atom. The van der Waals surface area contributed by atoms with Crippen LogP contribution in [0.3, 0.4) is 0 Å². The summed E-state index contributed by atoms with van der Waals surface area (Å²) < 4.78 is 5.28. The van der Waals surface area contributed by atoms with Gasteiger partial charge in [0.25, 0.3) is 0 Å². The van der Waals surface area contributed by atoms with Crippen molar-refractivity contribution in [1.82, 2.24) is 20.5 Å². The Morgan fingerprint density at radius 3 is 2.54 bits per heavy atom. The number of methoxy groups -OCH3 is 1. The Hall–Kier alpha value is -1.82. The van der Waals surface area contributed by atoms with Gasteiger partial charge in [-0.15, -0.1) is 0 Å². The van der Waals surface area contributed by atoms with Crippen molar-refractivity contribution >= 4 is 5.96 Å². The third kappa shape index (κ3) is 6.74. The molecular weight excluding hydrogens is 302 g/mol. The average molecular weight is 335 g/mol. The lowest BCUT2D eigenvalue weighted by atomic mass is 10.2. The van der Waals surface area contributed by atoms with Crippen LogP contribution in [0.4, 0.5) is 0 Å². The molecule has 1 aromatic rings. The molecule has 0 amide bonds. The summed E-state index contributed by atoms with van der Waals surface area (Å²) in [5, 5.41) is 6.69. The smallest absolute Gasteiger partial charge is 0.218 e. The van der Waals surface area contributed by atoms with Gasteiger partial charge in [0.1, 0.15) is 0 Å². The van der Waals surface area contributed by atoms with Crippen LogP contribution in [0.15, 0.2) is 23.3 Å². The van der Waals surface area contributed by atoms with Crippen LogP contribution in [0.5, 0.6) is 5.88 Å². The average Bonchev–Trinajstić information content (AvgIpc) is 2.55. The molecule has 0 aliphatic carbocycles. The zero-order chi connectivity index (χ0) is 17.9. The number of aliphatic imine (C=N–C) groups is 1. The van der Waals surface area contributed by atoms with E-state index in [0.717, 1.165) is 31.2 Å². The molecule has 0 aliphatic rings. The lowest BCUT2D eigenvalue weighted by Gasteiger charge is -2.30. The van der Waals surface area contributed by atoms with Crippen molar-refractivity contribution in [2.45, 2.75) is 53.2 Å². The van der Waals surface area contributed by atoms with Gasteiger partial charge in [0.15, 0.2) is 5.96 Å². The number of hydrogen-bond acceptors (Lipinski definition) is 4. The number of rotatable bonds is 9. The Morgan fingerprint density at radius 1 is 1.25 bits per heavy atom. The minimum Gasteiger partial charge on any atom is -0.481 e. The predicted octanol–water partition coefficient (Wildman–Crippen LogP) is 2.26. The van der Waals surface area contributed by atoms with E-state index < -0.39 is 0 Å². The molecule has 0 aromatic carbocycles. The van der Waals surface area contributed by atoms with Gasteiger partial charge in [-0.1, -0.05) is 6.07 Å². The summed E-state index contributed by atoms with van der Waals surface area (Å²) in [7, 11) is 1.63. The maximum Gasteiger partial charge on any atom is 0.218 e. The summed E-state index contributed by atoms with van der Waals surface area (Å²) >= 11 is 0. The van der Waals surface area contributed by atoms with Gasteiger partial charge in [-0.3, -0.25) is 4.90 Å². The molecule has 0 atom stereocenters. The molecule has 6 heteroatoms. The quantitative estimate of drug-likeness (QED) is 0.535.